The molecular weight excluding hydrogens is 292 g/mol. The molecule has 2 atom stereocenters. The number of anilines is 1. The average molecular weight is 316 g/mol. The van der Waals surface area contributed by atoms with E-state index in [0.717, 1.165) is 31.6 Å². The molecule has 2 saturated heterocycles. The Morgan fingerprint density at radius 2 is 2.26 bits per heavy atom. The van der Waals surface area contributed by atoms with Crippen LogP contribution in [-0.2, 0) is 4.79 Å². The summed E-state index contributed by atoms with van der Waals surface area (Å²) in [4.78, 5) is 32.6. The summed E-state index contributed by atoms with van der Waals surface area (Å²) in [5.41, 5.74) is 1.36. The lowest BCUT2D eigenvalue weighted by Crippen LogP contribution is -2.47. The first-order valence-electron chi connectivity index (χ1n) is 8.38. The monoisotopic (exact) mass is 316 g/mol. The lowest BCUT2D eigenvalue weighted by atomic mass is 10.0. The standard InChI is InChI=1S/C17H24N4O2/c1-3-15-12(2)5-8-21(15)17(23)14-10-13(4-6-18-14)20-9-7-19-16(22)11-20/h4,6,10,12,15H,3,5,7-9,11H2,1-2H3,(H,19,22)/t12-,15-/m0/s1. The van der Waals surface area contributed by atoms with Gasteiger partial charge >= 0.3 is 0 Å². The van der Waals surface area contributed by atoms with Crippen molar-refractivity contribution in [3.05, 3.63) is 24.0 Å². The summed E-state index contributed by atoms with van der Waals surface area (Å²) in [5, 5.41) is 2.81. The van der Waals surface area contributed by atoms with Gasteiger partial charge in [-0.15, -0.1) is 0 Å². The zero-order chi connectivity index (χ0) is 16.4. The molecule has 1 aromatic heterocycles. The van der Waals surface area contributed by atoms with Gasteiger partial charge in [0.1, 0.15) is 5.69 Å². The number of nitrogens with zero attached hydrogens (tertiary/aromatic N) is 3. The second kappa shape index (κ2) is 6.56. The van der Waals surface area contributed by atoms with Crippen molar-refractivity contribution in [2.75, 3.05) is 31.1 Å². The van der Waals surface area contributed by atoms with Gasteiger partial charge in [-0.3, -0.25) is 14.6 Å². The van der Waals surface area contributed by atoms with E-state index in [1.165, 1.54) is 0 Å². The first kappa shape index (κ1) is 15.8. The molecule has 0 aromatic carbocycles. The second-order valence-electron chi connectivity index (χ2n) is 6.41. The third-order valence-electron chi connectivity index (χ3n) is 4.93. The van der Waals surface area contributed by atoms with Gasteiger partial charge in [-0.1, -0.05) is 13.8 Å². The maximum absolute atomic E-state index is 12.8. The molecule has 0 spiro atoms. The van der Waals surface area contributed by atoms with Crippen LogP contribution in [0.4, 0.5) is 5.69 Å². The Labute approximate surface area is 136 Å². The normalized spacial score (nSPS) is 24.7. The number of nitrogens with one attached hydrogen (secondary N) is 1. The highest BCUT2D eigenvalue weighted by Gasteiger charge is 2.34. The number of hydrogen-bond acceptors (Lipinski definition) is 4. The van der Waals surface area contributed by atoms with Crippen LogP contribution >= 0.6 is 0 Å². The third kappa shape index (κ3) is 3.16. The van der Waals surface area contributed by atoms with Gasteiger partial charge in [0, 0.05) is 37.6 Å². The molecule has 1 N–H and O–H groups in total. The van der Waals surface area contributed by atoms with E-state index in [9.17, 15) is 9.59 Å². The zero-order valence-electron chi connectivity index (χ0n) is 13.8. The number of pyridine rings is 1. The molecule has 0 radical (unpaired) electrons. The van der Waals surface area contributed by atoms with E-state index in [0.29, 0.717) is 30.7 Å². The number of likely N-dealkylation sites (tertiary alicyclic amines) is 1. The highest BCUT2D eigenvalue weighted by molar-refractivity contribution is 5.94. The summed E-state index contributed by atoms with van der Waals surface area (Å²) < 4.78 is 0. The molecule has 6 heteroatoms. The maximum Gasteiger partial charge on any atom is 0.272 e. The fourth-order valence-corrected chi connectivity index (χ4v) is 3.62. The van der Waals surface area contributed by atoms with Crippen LogP contribution in [0.2, 0.25) is 0 Å². The molecule has 3 heterocycles. The van der Waals surface area contributed by atoms with Crippen LogP contribution in [0.3, 0.4) is 0 Å². The predicted octanol–water partition coefficient (Wildman–Crippen LogP) is 1.28. The molecule has 2 aliphatic heterocycles. The molecular formula is C17H24N4O2. The van der Waals surface area contributed by atoms with E-state index in [1.54, 1.807) is 6.20 Å². The van der Waals surface area contributed by atoms with Gasteiger partial charge in [0.05, 0.1) is 6.54 Å². The van der Waals surface area contributed by atoms with Crippen molar-refractivity contribution in [3.8, 4) is 0 Å². The topological polar surface area (TPSA) is 65.5 Å². The van der Waals surface area contributed by atoms with Gasteiger partial charge in [0.25, 0.3) is 5.91 Å². The minimum Gasteiger partial charge on any atom is -0.360 e. The van der Waals surface area contributed by atoms with Crippen molar-refractivity contribution in [1.82, 2.24) is 15.2 Å². The number of aromatic nitrogens is 1. The Kier molecular flexibility index (Phi) is 4.50. The smallest absolute Gasteiger partial charge is 0.272 e. The maximum atomic E-state index is 12.8. The summed E-state index contributed by atoms with van der Waals surface area (Å²) in [6.07, 6.45) is 3.69. The average Bonchev–Trinajstić information content (AvgIpc) is 2.95. The first-order chi connectivity index (χ1) is 11.1. The molecule has 2 aliphatic rings. The molecule has 0 unspecified atom stereocenters. The molecule has 124 valence electrons. The van der Waals surface area contributed by atoms with Gasteiger partial charge in [0.2, 0.25) is 5.91 Å². The van der Waals surface area contributed by atoms with Gasteiger partial charge in [-0.25, -0.2) is 0 Å². The summed E-state index contributed by atoms with van der Waals surface area (Å²) in [7, 11) is 0. The molecule has 0 aliphatic carbocycles. The Hall–Kier alpha value is -2.11. The van der Waals surface area contributed by atoms with Crippen LogP contribution in [-0.4, -0.2) is 53.9 Å². The van der Waals surface area contributed by atoms with Crippen molar-refractivity contribution in [1.29, 1.82) is 0 Å². The summed E-state index contributed by atoms with van der Waals surface area (Å²) in [6.45, 7) is 6.85. The minimum atomic E-state index is 0.00418. The van der Waals surface area contributed by atoms with Gasteiger partial charge in [-0.05, 0) is 30.9 Å². The SMILES string of the molecule is CC[C@H]1[C@@H](C)CCN1C(=O)c1cc(N2CCNC(=O)C2)ccn1. The molecule has 0 saturated carbocycles. The van der Waals surface area contributed by atoms with E-state index >= 15 is 0 Å². The van der Waals surface area contributed by atoms with Crippen molar-refractivity contribution in [2.45, 2.75) is 32.7 Å². The molecule has 2 amide bonds. The van der Waals surface area contributed by atoms with Gasteiger partial charge in [0.15, 0.2) is 0 Å². The number of carbonyl (C=O) groups excluding carboxylic acids is 2. The molecule has 6 nitrogen and oxygen atoms in total. The molecule has 3 rings (SSSR count). The number of rotatable bonds is 3. The number of carbonyl (C=O) groups is 2. The summed E-state index contributed by atoms with van der Waals surface area (Å²) in [6, 6.07) is 3.98. The van der Waals surface area contributed by atoms with E-state index in [1.807, 2.05) is 21.9 Å². The Balaban J connectivity index is 1.79. The van der Waals surface area contributed by atoms with E-state index in [4.69, 9.17) is 0 Å². The van der Waals surface area contributed by atoms with Crippen LogP contribution in [0, 0.1) is 5.92 Å². The second-order valence-corrected chi connectivity index (χ2v) is 6.41. The number of amides is 2. The van der Waals surface area contributed by atoms with Gasteiger partial charge in [-0.2, -0.15) is 0 Å². The Morgan fingerprint density at radius 3 is 3.00 bits per heavy atom. The van der Waals surface area contributed by atoms with Crippen molar-refractivity contribution >= 4 is 17.5 Å². The largest absolute Gasteiger partial charge is 0.360 e. The fraction of sp³-hybridized carbons (Fsp3) is 0.588. The van der Waals surface area contributed by atoms with E-state index in [2.05, 4.69) is 24.1 Å². The van der Waals surface area contributed by atoms with Crippen LogP contribution in [0.25, 0.3) is 0 Å². The zero-order valence-corrected chi connectivity index (χ0v) is 13.8. The van der Waals surface area contributed by atoms with E-state index in [-0.39, 0.29) is 11.8 Å². The summed E-state index contributed by atoms with van der Waals surface area (Å²) >= 11 is 0. The summed E-state index contributed by atoms with van der Waals surface area (Å²) in [5.74, 6) is 0.558. The highest BCUT2D eigenvalue weighted by atomic mass is 16.2. The Bertz CT molecular complexity index is 604. The molecule has 0 bridgehead atoms. The van der Waals surface area contributed by atoms with Crippen LogP contribution in [0.5, 0.6) is 0 Å². The lowest BCUT2D eigenvalue weighted by Gasteiger charge is -2.29. The minimum absolute atomic E-state index is 0.00418. The number of piperazine rings is 1. The van der Waals surface area contributed by atoms with Crippen LogP contribution in [0.1, 0.15) is 37.2 Å². The first-order valence-corrected chi connectivity index (χ1v) is 8.38. The Morgan fingerprint density at radius 1 is 1.43 bits per heavy atom. The highest BCUT2D eigenvalue weighted by Crippen LogP contribution is 2.28. The van der Waals surface area contributed by atoms with Crippen LogP contribution in [0.15, 0.2) is 18.3 Å². The van der Waals surface area contributed by atoms with Crippen molar-refractivity contribution < 1.29 is 9.59 Å². The van der Waals surface area contributed by atoms with E-state index < -0.39 is 0 Å². The molecule has 23 heavy (non-hydrogen) atoms. The fourth-order valence-electron chi connectivity index (χ4n) is 3.62. The van der Waals surface area contributed by atoms with Gasteiger partial charge < -0.3 is 15.1 Å². The quantitative estimate of drug-likeness (QED) is 0.912. The van der Waals surface area contributed by atoms with Crippen molar-refractivity contribution in [2.24, 2.45) is 5.92 Å². The molecule has 1 aromatic rings. The lowest BCUT2D eigenvalue weighted by molar-refractivity contribution is -0.120. The molecule has 2 fully saturated rings. The van der Waals surface area contributed by atoms with Crippen molar-refractivity contribution in [3.63, 3.8) is 0 Å². The number of hydrogen-bond donors (Lipinski definition) is 1. The third-order valence-corrected chi connectivity index (χ3v) is 4.93. The predicted molar refractivity (Wildman–Crippen MR) is 88.4 cm³/mol. The van der Waals surface area contributed by atoms with Crippen LogP contribution < -0.4 is 10.2 Å².